The van der Waals surface area contributed by atoms with Gasteiger partial charge in [0, 0.05) is 6.04 Å². The summed E-state index contributed by atoms with van der Waals surface area (Å²) >= 11 is 0. The number of hydrogen-bond donors (Lipinski definition) is 1. The molecule has 2 rings (SSSR count). The molecular weight excluding hydrogens is 352 g/mol. The highest BCUT2D eigenvalue weighted by Gasteiger charge is 2.37. The molecule has 0 bridgehead atoms. The van der Waals surface area contributed by atoms with Gasteiger partial charge in [0.25, 0.3) is 0 Å². The van der Waals surface area contributed by atoms with Crippen LogP contribution in [0.3, 0.4) is 0 Å². The van der Waals surface area contributed by atoms with Gasteiger partial charge in [-0.15, -0.1) is 0 Å². The van der Waals surface area contributed by atoms with Gasteiger partial charge in [0.1, 0.15) is 0 Å². The summed E-state index contributed by atoms with van der Waals surface area (Å²) in [5, 5.41) is 2.75. The van der Waals surface area contributed by atoms with Gasteiger partial charge in [-0.05, 0) is 18.9 Å². The Morgan fingerprint density at radius 3 is 2.46 bits per heavy atom. The maximum absolute atomic E-state index is 12.2. The number of nitrogens with zero attached hydrogens (tertiary/aromatic N) is 1. The molecule has 0 spiro atoms. The van der Waals surface area contributed by atoms with Gasteiger partial charge in [-0.2, -0.15) is 4.31 Å². The van der Waals surface area contributed by atoms with Crippen LogP contribution in [-0.2, 0) is 24.7 Å². The van der Waals surface area contributed by atoms with E-state index in [0.717, 1.165) is 16.1 Å². The van der Waals surface area contributed by atoms with Crippen LogP contribution >= 0.6 is 0 Å². The second-order valence-corrected chi connectivity index (χ2v) is 10.2. The predicted octanol–water partition coefficient (Wildman–Crippen LogP) is 0.313. The van der Waals surface area contributed by atoms with E-state index < -0.39 is 31.8 Å². The van der Waals surface area contributed by atoms with E-state index in [0.29, 0.717) is 0 Å². The standard InChI is InChI=1S/C15H22N2O5S2/c1-12(13-6-4-3-5-7-13)16-15(18)10-17(23(2,19)20)14-8-9-24(21,22)11-14/h3-7,12,14H,8-11H2,1-2H3,(H,16,18). The highest BCUT2D eigenvalue weighted by atomic mass is 32.2. The average Bonchev–Trinajstić information content (AvgIpc) is 2.84. The van der Waals surface area contributed by atoms with E-state index in [1.807, 2.05) is 30.3 Å². The zero-order chi connectivity index (χ0) is 18.0. The summed E-state index contributed by atoms with van der Waals surface area (Å²) in [6.07, 6.45) is 1.21. The van der Waals surface area contributed by atoms with Crippen molar-refractivity contribution in [1.82, 2.24) is 9.62 Å². The van der Waals surface area contributed by atoms with Gasteiger partial charge in [0.15, 0.2) is 9.84 Å². The number of rotatable bonds is 6. The summed E-state index contributed by atoms with van der Waals surface area (Å²) in [6.45, 7) is 1.42. The van der Waals surface area contributed by atoms with Crippen molar-refractivity contribution in [3.8, 4) is 0 Å². The van der Waals surface area contributed by atoms with Crippen molar-refractivity contribution in [3.63, 3.8) is 0 Å². The molecule has 1 amide bonds. The Balaban J connectivity index is 2.06. The molecule has 1 saturated heterocycles. The quantitative estimate of drug-likeness (QED) is 0.772. The topological polar surface area (TPSA) is 101 Å². The van der Waals surface area contributed by atoms with Gasteiger partial charge in [-0.1, -0.05) is 30.3 Å². The van der Waals surface area contributed by atoms with Crippen molar-refractivity contribution in [3.05, 3.63) is 35.9 Å². The van der Waals surface area contributed by atoms with Crippen molar-refractivity contribution < 1.29 is 21.6 Å². The normalized spacial score (nSPS) is 21.5. The van der Waals surface area contributed by atoms with Crippen molar-refractivity contribution in [2.75, 3.05) is 24.3 Å². The van der Waals surface area contributed by atoms with Gasteiger partial charge in [0.05, 0.1) is 30.3 Å². The largest absolute Gasteiger partial charge is 0.348 e. The molecule has 0 radical (unpaired) electrons. The Hall–Kier alpha value is -1.45. The minimum absolute atomic E-state index is 0.0499. The number of carbonyl (C=O) groups excluding carboxylic acids is 1. The van der Waals surface area contributed by atoms with Crippen LogP contribution in [0.25, 0.3) is 0 Å². The second kappa shape index (κ2) is 7.20. The van der Waals surface area contributed by atoms with E-state index in [9.17, 15) is 21.6 Å². The first kappa shape index (κ1) is 18.9. The van der Waals surface area contributed by atoms with Crippen LogP contribution in [0.5, 0.6) is 0 Å². The van der Waals surface area contributed by atoms with E-state index >= 15 is 0 Å². The smallest absolute Gasteiger partial charge is 0.235 e. The van der Waals surface area contributed by atoms with E-state index in [1.54, 1.807) is 6.92 Å². The van der Waals surface area contributed by atoms with Gasteiger partial charge in [0.2, 0.25) is 15.9 Å². The lowest BCUT2D eigenvalue weighted by Crippen LogP contribution is -2.46. The van der Waals surface area contributed by atoms with E-state index in [2.05, 4.69) is 5.32 Å². The fourth-order valence-corrected chi connectivity index (χ4v) is 5.67. The Bertz CT molecular complexity index is 790. The monoisotopic (exact) mass is 374 g/mol. The minimum Gasteiger partial charge on any atom is -0.348 e. The first-order valence-electron chi connectivity index (χ1n) is 7.60. The summed E-state index contributed by atoms with van der Waals surface area (Å²) in [5.74, 6) is -0.742. The Kier molecular flexibility index (Phi) is 5.67. The Morgan fingerprint density at radius 2 is 1.96 bits per heavy atom. The number of sulfone groups is 1. The number of hydrogen-bond acceptors (Lipinski definition) is 5. The Morgan fingerprint density at radius 1 is 1.33 bits per heavy atom. The van der Waals surface area contributed by atoms with Crippen LogP contribution in [0, 0.1) is 0 Å². The van der Waals surface area contributed by atoms with Crippen LogP contribution in [0.2, 0.25) is 0 Å². The highest BCUT2D eigenvalue weighted by molar-refractivity contribution is 7.92. The molecular formula is C15H22N2O5S2. The lowest BCUT2D eigenvalue weighted by molar-refractivity contribution is -0.122. The molecule has 0 aliphatic carbocycles. The fourth-order valence-electron chi connectivity index (χ4n) is 2.77. The lowest BCUT2D eigenvalue weighted by Gasteiger charge is -2.25. The molecule has 2 unspecified atom stereocenters. The fraction of sp³-hybridized carbons (Fsp3) is 0.533. The molecule has 0 aromatic heterocycles. The van der Waals surface area contributed by atoms with E-state index in [4.69, 9.17) is 0 Å². The van der Waals surface area contributed by atoms with Crippen molar-refractivity contribution >= 4 is 25.8 Å². The first-order valence-corrected chi connectivity index (χ1v) is 11.3. The van der Waals surface area contributed by atoms with Gasteiger partial charge in [-0.25, -0.2) is 16.8 Å². The van der Waals surface area contributed by atoms with Crippen LogP contribution < -0.4 is 5.32 Å². The van der Waals surface area contributed by atoms with Crippen LogP contribution in [0.4, 0.5) is 0 Å². The molecule has 1 aromatic carbocycles. The van der Waals surface area contributed by atoms with E-state index in [1.165, 1.54) is 0 Å². The SMILES string of the molecule is CC(NC(=O)CN(C1CCS(=O)(=O)C1)S(C)(=O)=O)c1ccccc1. The highest BCUT2D eigenvalue weighted by Crippen LogP contribution is 2.20. The number of sulfonamides is 1. The summed E-state index contributed by atoms with van der Waals surface area (Å²) in [4.78, 5) is 12.2. The molecule has 1 aliphatic rings. The zero-order valence-corrected chi connectivity index (χ0v) is 15.3. The van der Waals surface area contributed by atoms with Crippen molar-refractivity contribution in [1.29, 1.82) is 0 Å². The maximum Gasteiger partial charge on any atom is 0.235 e. The molecule has 1 aromatic rings. The average molecular weight is 374 g/mol. The molecule has 24 heavy (non-hydrogen) atoms. The van der Waals surface area contributed by atoms with Crippen LogP contribution in [0.1, 0.15) is 24.9 Å². The lowest BCUT2D eigenvalue weighted by atomic mass is 10.1. The number of amides is 1. The van der Waals surface area contributed by atoms with E-state index in [-0.39, 0.29) is 30.5 Å². The molecule has 1 N–H and O–H groups in total. The summed E-state index contributed by atoms with van der Waals surface area (Å²) in [6, 6.07) is 8.35. The van der Waals surface area contributed by atoms with Crippen molar-refractivity contribution in [2.45, 2.75) is 25.4 Å². The third-order valence-corrected chi connectivity index (χ3v) is 7.05. The summed E-state index contributed by atoms with van der Waals surface area (Å²) < 4.78 is 48.1. The minimum atomic E-state index is -3.69. The molecule has 2 atom stereocenters. The van der Waals surface area contributed by atoms with Gasteiger partial charge >= 0.3 is 0 Å². The first-order chi connectivity index (χ1) is 11.1. The molecule has 134 valence electrons. The maximum atomic E-state index is 12.2. The summed E-state index contributed by atoms with van der Waals surface area (Å²) in [7, 11) is -6.93. The number of carbonyl (C=O) groups is 1. The van der Waals surface area contributed by atoms with Crippen LogP contribution in [-0.4, -0.2) is 57.4 Å². The Labute approximate surface area is 143 Å². The molecule has 1 heterocycles. The molecule has 7 nitrogen and oxygen atoms in total. The molecule has 1 aliphatic heterocycles. The summed E-state index contributed by atoms with van der Waals surface area (Å²) in [5.41, 5.74) is 0.903. The van der Waals surface area contributed by atoms with Crippen molar-refractivity contribution in [2.24, 2.45) is 0 Å². The zero-order valence-electron chi connectivity index (χ0n) is 13.7. The van der Waals surface area contributed by atoms with Crippen LogP contribution in [0.15, 0.2) is 30.3 Å². The molecule has 0 saturated carbocycles. The third kappa shape index (κ3) is 5.02. The number of nitrogens with one attached hydrogen (secondary N) is 1. The molecule has 1 fully saturated rings. The molecule has 9 heteroatoms. The third-order valence-electron chi connectivity index (χ3n) is 4.02. The number of benzene rings is 1. The second-order valence-electron chi connectivity index (χ2n) is 6.06. The predicted molar refractivity (Wildman–Crippen MR) is 91.6 cm³/mol. The van der Waals surface area contributed by atoms with Gasteiger partial charge in [-0.3, -0.25) is 4.79 Å². The van der Waals surface area contributed by atoms with Gasteiger partial charge < -0.3 is 5.32 Å².